The SMILES string of the molecule is CCc1nnc(-c2csc(S(=O)(=O)NCc3ccccn3)c2)o1. The molecule has 120 valence electrons. The van der Waals surface area contributed by atoms with E-state index in [-0.39, 0.29) is 10.8 Å². The maximum atomic E-state index is 12.3. The highest BCUT2D eigenvalue weighted by molar-refractivity contribution is 7.91. The van der Waals surface area contributed by atoms with E-state index in [2.05, 4.69) is 19.9 Å². The van der Waals surface area contributed by atoms with Crippen LogP contribution in [0.25, 0.3) is 11.5 Å². The van der Waals surface area contributed by atoms with Crippen molar-refractivity contribution in [3.05, 3.63) is 47.4 Å². The summed E-state index contributed by atoms with van der Waals surface area (Å²) >= 11 is 1.10. The maximum absolute atomic E-state index is 12.3. The summed E-state index contributed by atoms with van der Waals surface area (Å²) in [7, 11) is -3.61. The average Bonchev–Trinajstić information content (AvgIpc) is 3.23. The molecule has 0 aliphatic heterocycles. The Morgan fingerprint density at radius 2 is 2.17 bits per heavy atom. The zero-order valence-electron chi connectivity index (χ0n) is 12.3. The molecule has 0 aliphatic rings. The minimum Gasteiger partial charge on any atom is -0.421 e. The minimum absolute atomic E-state index is 0.136. The summed E-state index contributed by atoms with van der Waals surface area (Å²) in [6.07, 6.45) is 2.25. The molecule has 0 unspecified atom stereocenters. The number of aromatic nitrogens is 3. The molecule has 0 radical (unpaired) electrons. The van der Waals surface area contributed by atoms with E-state index < -0.39 is 10.0 Å². The molecule has 0 bridgehead atoms. The molecule has 7 nitrogen and oxygen atoms in total. The molecule has 0 amide bonds. The summed E-state index contributed by atoms with van der Waals surface area (Å²) in [5.41, 5.74) is 1.25. The van der Waals surface area contributed by atoms with Crippen LogP contribution in [0.5, 0.6) is 0 Å². The lowest BCUT2D eigenvalue weighted by atomic mass is 10.3. The van der Waals surface area contributed by atoms with Crippen LogP contribution in [0.1, 0.15) is 18.5 Å². The van der Waals surface area contributed by atoms with Crippen molar-refractivity contribution in [1.29, 1.82) is 0 Å². The Labute approximate surface area is 137 Å². The summed E-state index contributed by atoms with van der Waals surface area (Å²) in [5.74, 6) is 0.841. The molecule has 3 aromatic heterocycles. The first-order valence-corrected chi connectivity index (χ1v) is 9.25. The smallest absolute Gasteiger partial charge is 0.250 e. The predicted octanol–water partition coefficient (Wildman–Crippen LogP) is 2.23. The van der Waals surface area contributed by atoms with Gasteiger partial charge in [0.25, 0.3) is 0 Å². The van der Waals surface area contributed by atoms with E-state index in [1.165, 1.54) is 6.07 Å². The molecule has 3 rings (SSSR count). The molecular formula is C14H14N4O3S2. The largest absolute Gasteiger partial charge is 0.421 e. The van der Waals surface area contributed by atoms with E-state index in [4.69, 9.17) is 4.42 Å². The standard InChI is InChI=1S/C14H14N4O3S2/c1-2-12-17-18-14(21-12)10-7-13(22-9-10)23(19,20)16-8-11-5-3-4-6-15-11/h3-7,9,16H,2,8H2,1H3. The van der Waals surface area contributed by atoms with Crippen LogP contribution in [-0.4, -0.2) is 23.6 Å². The van der Waals surface area contributed by atoms with Crippen LogP contribution >= 0.6 is 11.3 Å². The Bertz CT molecular complexity index is 888. The van der Waals surface area contributed by atoms with Crippen LogP contribution in [-0.2, 0) is 23.0 Å². The fraction of sp³-hybridized carbons (Fsp3) is 0.214. The third-order valence-corrected chi connectivity index (χ3v) is 5.87. The number of nitrogens with one attached hydrogen (secondary N) is 1. The molecule has 0 fully saturated rings. The van der Waals surface area contributed by atoms with E-state index in [0.29, 0.717) is 29.5 Å². The molecule has 0 aromatic carbocycles. The number of pyridine rings is 1. The van der Waals surface area contributed by atoms with E-state index in [1.54, 1.807) is 29.8 Å². The van der Waals surface area contributed by atoms with Gasteiger partial charge < -0.3 is 4.42 Å². The number of nitrogens with zero attached hydrogens (tertiary/aromatic N) is 3. The fourth-order valence-electron chi connectivity index (χ4n) is 1.83. The number of sulfonamides is 1. The molecule has 0 saturated heterocycles. The van der Waals surface area contributed by atoms with Crippen molar-refractivity contribution in [1.82, 2.24) is 19.9 Å². The highest BCUT2D eigenvalue weighted by Crippen LogP contribution is 2.27. The second-order valence-electron chi connectivity index (χ2n) is 4.65. The van der Waals surface area contributed by atoms with Gasteiger partial charge in [-0.1, -0.05) is 13.0 Å². The zero-order valence-corrected chi connectivity index (χ0v) is 13.9. The highest BCUT2D eigenvalue weighted by Gasteiger charge is 2.19. The van der Waals surface area contributed by atoms with Gasteiger partial charge in [0.1, 0.15) is 4.21 Å². The van der Waals surface area contributed by atoms with Gasteiger partial charge in [-0.25, -0.2) is 13.1 Å². The lowest BCUT2D eigenvalue weighted by molar-refractivity contribution is 0.513. The van der Waals surface area contributed by atoms with Crippen molar-refractivity contribution >= 4 is 21.4 Å². The summed E-state index contributed by atoms with van der Waals surface area (Å²) in [5, 5.41) is 9.47. The van der Waals surface area contributed by atoms with Gasteiger partial charge in [-0.15, -0.1) is 21.5 Å². The van der Waals surface area contributed by atoms with Gasteiger partial charge in [-0.2, -0.15) is 0 Å². The van der Waals surface area contributed by atoms with Crippen molar-refractivity contribution in [2.24, 2.45) is 0 Å². The van der Waals surface area contributed by atoms with Crippen LogP contribution in [0.4, 0.5) is 0 Å². The Hall–Kier alpha value is -2.10. The Kier molecular flexibility index (Phi) is 4.51. The first-order valence-electron chi connectivity index (χ1n) is 6.89. The third kappa shape index (κ3) is 3.63. The fourth-order valence-corrected chi connectivity index (χ4v) is 4.02. The van der Waals surface area contributed by atoms with Crippen molar-refractivity contribution in [3.8, 4) is 11.5 Å². The Morgan fingerprint density at radius 3 is 2.87 bits per heavy atom. The molecule has 9 heteroatoms. The molecule has 3 heterocycles. The lowest BCUT2D eigenvalue weighted by Crippen LogP contribution is -2.22. The molecular weight excluding hydrogens is 336 g/mol. The van der Waals surface area contributed by atoms with E-state index in [9.17, 15) is 8.42 Å². The Morgan fingerprint density at radius 1 is 1.30 bits per heavy atom. The van der Waals surface area contributed by atoms with Crippen LogP contribution in [0.15, 0.2) is 44.5 Å². The van der Waals surface area contributed by atoms with Crippen LogP contribution in [0.3, 0.4) is 0 Å². The summed E-state index contributed by atoms with van der Waals surface area (Å²) in [6.45, 7) is 2.04. The van der Waals surface area contributed by atoms with Gasteiger partial charge in [0.2, 0.25) is 21.8 Å². The molecule has 1 N–H and O–H groups in total. The van der Waals surface area contributed by atoms with Gasteiger partial charge in [-0.05, 0) is 18.2 Å². The normalized spacial score (nSPS) is 11.7. The Balaban J connectivity index is 1.75. The summed E-state index contributed by atoms with van der Waals surface area (Å²) < 4.78 is 32.8. The number of rotatable bonds is 6. The third-order valence-electron chi connectivity index (χ3n) is 3.03. The zero-order chi connectivity index (χ0) is 16.3. The van der Waals surface area contributed by atoms with Gasteiger partial charge >= 0.3 is 0 Å². The predicted molar refractivity (Wildman–Crippen MR) is 85.3 cm³/mol. The average molecular weight is 350 g/mol. The highest BCUT2D eigenvalue weighted by atomic mass is 32.2. The minimum atomic E-state index is -3.61. The first-order chi connectivity index (χ1) is 11.1. The van der Waals surface area contributed by atoms with Crippen molar-refractivity contribution in [3.63, 3.8) is 0 Å². The van der Waals surface area contributed by atoms with Crippen LogP contribution in [0.2, 0.25) is 0 Å². The molecule has 0 spiro atoms. The van der Waals surface area contributed by atoms with Crippen LogP contribution < -0.4 is 4.72 Å². The second kappa shape index (κ2) is 6.57. The quantitative estimate of drug-likeness (QED) is 0.732. The topological polar surface area (TPSA) is 98.0 Å². The van der Waals surface area contributed by atoms with E-state index >= 15 is 0 Å². The first kappa shape index (κ1) is 15.8. The van der Waals surface area contributed by atoms with Crippen molar-refractivity contribution in [2.75, 3.05) is 0 Å². The van der Waals surface area contributed by atoms with E-state index in [1.807, 2.05) is 6.92 Å². The van der Waals surface area contributed by atoms with Crippen molar-refractivity contribution < 1.29 is 12.8 Å². The molecule has 0 aliphatic carbocycles. The molecule has 23 heavy (non-hydrogen) atoms. The number of hydrogen-bond donors (Lipinski definition) is 1. The van der Waals surface area contributed by atoms with Gasteiger partial charge in [-0.3, -0.25) is 4.98 Å². The van der Waals surface area contributed by atoms with E-state index in [0.717, 1.165) is 11.3 Å². The van der Waals surface area contributed by atoms with Gasteiger partial charge in [0.05, 0.1) is 17.8 Å². The molecule has 0 atom stereocenters. The van der Waals surface area contributed by atoms with Gasteiger partial charge in [0, 0.05) is 18.0 Å². The summed E-state index contributed by atoms with van der Waals surface area (Å²) in [4.78, 5) is 4.08. The summed E-state index contributed by atoms with van der Waals surface area (Å²) in [6, 6.07) is 6.87. The molecule has 0 saturated carbocycles. The number of aryl methyl sites for hydroxylation is 1. The maximum Gasteiger partial charge on any atom is 0.250 e. The van der Waals surface area contributed by atoms with Crippen LogP contribution in [0, 0.1) is 0 Å². The monoisotopic (exact) mass is 350 g/mol. The second-order valence-corrected chi connectivity index (χ2v) is 7.56. The number of hydrogen-bond acceptors (Lipinski definition) is 7. The number of thiophene rings is 1. The van der Waals surface area contributed by atoms with Crippen molar-refractivity contribution in [2.45, 2.75) is 24.1 Å². The lowest BCUT2D eigenvalue weighted by Gasteiger charge is -2.03. The van der Waals surface area contributed by atoms with Gasteiger partial charge in [0.15, 0.2) is 0 Å². The molecule has 3 aromatic rings.